The minimum atomic E-state index is -1.36. The fraction of sp³-hybridized carbons (Fsp3) is 0.800. The fourth-order valence-electron chi connectivity index (χ4n) is 0. The van der Waals surface area contributed by atoms with Gasteiger partial charge in [-0.05, 0) is 5.92 Å². The van der Waals surface area contributed by atoms with E-state index >= 15 is 0 Å². The lowest BCUT2D eigenvalue weighted by Gasteiger charge is -1.79. The summed E-state index contributed by atoms with van der Waals surface area (Å²) in [4.78, 5) is 8.77. The molecule has 0 aromatic heterocycles. The first kappa shape index (κ1) is 10.7. The number of hydrogen-bond donors (Lipinski definition) is 1. The quantitative estimate of drug-likeness (QED) is 0.523. The molecular weight excluding hydrogens is 128 g/mol. The van der Waals surface area contributed by atoms with Gasteiger partial charge in [-0.1, -0.05) is 20.8 Å². The van der Waals surface area contributed by atoms with Crippen molar-refractivity contribution in [3.63, 3.8) is 0 Å². The van der Waals surface area contributed by atoms with Gasteiger partial charge in [0.25, 0.3) is 0 Å². The average molecular weight is 139 g/mol. The summed E-state index contributed by atoms with van der Waals surface area (Å²) in [5, 5.41) is 7.18. The largest absolute Gasteiger partial charge is 0.469 e. The second kappa shape index (κ2) is 6.76. The molecule has 0 rings (SSSR count). The highest BCUT2D eigenvalue weighted by Crippen LogP contribution is 1.81. The minimum Gasteiger partial charge on any atom is -0.469 e. The third kappa shape index (κ3) is 2270. The summed E-state index contributed by atoms with van der Waals surface area (Å²) in [6.07, 6.45) is 0. The van der Waals surface area contributed by atoms with Gasteiger partial charge >= 0.3 is 5.43 Å². The molecule has 0 saturated carbocycles. The van der Waals surface area contributed by atoms with Crippen LogP contribution in [0, 0.1) is 5.92 Å². The molecule has 0 spiro atoms. The van der Waals surface area contributed by atoms with Gasteiger partial charge in [-0.25, -0.2) is 4.79 Å². The Morgan fingerprint density at radius 3 is 1.50 bits per heavy atom. The number of carbonyl (C=O) groups is 1. The summed E-state index contributed by atoms with van der Waals surface area (Å²) >= 11 is 4.19. The van der Waals surface area contributed by atoms with Crippen LogP contribution in [0.25, 0.3) is 0 Å². The van der Waals surface area contributed by atoms with Crippen molar-refractivity contribution in [2.24, 2.45) is 5.92 Å². The fourth-order valence-corrected chi connectivity index (χ4v) is 0. The van der Waals surface area contributed by atoms with E-state index in [4.69, 9.17) is 9.90 Å². The third-order valence-corrected chi connectivity index (χ3v) is 0. The molecule has 0 atom stereocenters. The van der Waals surface area contributed by atoms with Crippen LogP contribution >= 0.6 is 11.6 Å². The zero-order valence-corrected chi connectivity index (χ0v) is 6.07. The van der Waals surface area contributed by atoms with E-state index in [1.807, 2.05) is 0 Å². The Kier molecular flexibility index (Phi) is 9.03. The number of halogens is 1. The molecule has 0 saturated heterocycles. The van der Waals surface area contributed by atoms with Gasteiger partial charge in [0.15, 0.2) is 0 Å². The maximum atomic E-state index is 8.77. The van der Waals surface area contributed by atoms with Crippen molar-refractivity contribution in [2.45, 2.75) is 20.8 Å². The molecule has 0 aliphatic heterocycles. The SMILES string of the molecule is CC(C)C.O=C(O)Cl. The molecule has 3 heteroatoms. The summed E-state index contributed by atoms with van der Waals surface area (Å²) in [5.74, 6) is 0.833. The Balaban J connectivity index is 0. The number of rotatable bonds is 0. The summed E-state index contributed by atoms with van der Waals surface area (Å²) in [7, 11) is 0. The molecule has 0 fully saturated rings. The van der Waals surface area contributed by atoms with Gasteiger partial charge in [-0.3, -0.25) is 0 Å². The van der Waals surface area contributed by atoms with Crippen molar-refractivity contribution in [1.29, 1.82) is 0 Å². The van der Waals surface area contributed by atoms with Crippen LogP contribution in [0.3, 0.4) is 0 Å². The van der Waals surface area contributed by atoms with Crippen LogP contribution in [-0.4, -0.2) is 10.5 Å². The molecule has 0 aromatic carbocycles. The van der Waals surface area contributed by atoms with Crippen LogP contribution in [0.15, 0.2) is 0 Å². The van der Waals surface area contributed by atoms with E-state index in [0.717, 1.165) is 5.92 Å². The predicted octanol–water partition coefficient (Wildman–Crippen LogP) is 2.57. The monoisotopic (exact) mass is 138 g/mol. The van der Waals surface area contributed by atoms with Gasteiger partial charge in [0.2, 0.25) is 0 Å². The highest BCUT2D eigenvalue weighted by Gasteiger charge is 1.71. The summed E-state index contributed by atoms with van der Waals surface area (Å²) in [6, 6.07) is 0. The van der Waals surface area contributed by atoms with E-state index in [1.54, 1.807) is 0 Å². The van der Waals surface area contributed by atoms with Gasteiger partial charge in [0.1, 0.15) is 0 Å². The molecular formula is C5H11ClO2. The molecule has 0 radical (unpaired) electrons. The first-order chi connectivity index (χ1) is 3.46. The zero-order chi connectivity index (χ0) is 7.15. The second-order valence-corrected chi connectivity index (χ2v) is 2.31. The van der Waals surface area contributed by atoms with Crippen LogP contribution in [-0.2, 0) is 0 Å². The molecule has 0 unspecified atom stereocenters. The smallest absolute Gasteiger partial charge is 0.401 e. The van der Waals surface area contributed by atoms with E-state index in [0.29, 0.717) is 0 Å². The zero-order valence-electron chi connectivity index (χ0n) is 5.31. The molecule has 2 nitrogen and oxygen atoms in total. The number of hydrogen-bond acceptors (Lipinski definition) is 1. The van der Waals surface area contributed by atoms with E-state index in [1.165, 1.54) is 0 Å². The van der Waals surface area contributed by atoms with Gasteiger partial charge in [-0.15, -0.1) is 0 Å². The Morgan fingerprint density at radius 1 is 1.50 bits per heavy atom. The normalized spacial score (nSPS) is 7.62. The average Bonchev–Trinajstić information content (AvgIpc) is 1.25. The van der Waals surface area contributed by atoms with Gasteiger partial charge in [0, 0.05) is 11.6 Å². The Labute approximate surface area is 54.5 Å². The molecule has 0 aliphatic carbocycles. The topological polar surface area (TPSA) is 37.3 Å². The lowest BCUT2D eigenvalue weighted by molar-refractivity contribution is 0.220. The van der Waals surface area contributed by atoms with E-state index in [-0.39, 0.29) is 0 Å². The molecule has 0 aromatic rings. The third-order valence-electron chi connectivity index (χ3n) is 0. The minimum absolute atomic E-state index is 0.833. The predicted molar refractivity (Wildman–Crippen MR) is 34.4 cm³/mol. The first-order valence-corrected chi connectivity index (χ1v) is 2.73. The van der Waals surface area contributed by atoms with Crippen molar-refractivity contribution in [3.8, 4) is 0 Å². The van der Waals surface area contributed by atoms with Crippen LogP contribution in [0.1, 0.15) is 20.8 Å². The molecule has 0 heterocycles. The van der Waals surface area contributed by atoms with Crippen molar-refractivity contribution in [1.82, 2.24) is 0 Å². The molecule has 8 heavy (non-hydrogen) atoms. The van der Waals surface area contributed by atoms with Crippen molar-refractivity contribution < 1.29 is 9.90 Å². The maximum absolute atomic E-state index is 8.77. The van der Waals surface area contributed by atoms with Gasteiger partial charge in [0.05, 0.1) is 0 Å². The molecule has 0 aliphatic rings. The number of carboxylic acid groups (broad SMARTS) is 1. The molecule has 1 N–H and O–H groups in total. The lowest BCUT2D eigenvalue weighted by Crippen LogP contribution is -1.66. The Bertz CT molecular complexity index is 54.7. The van der Waals surface area contributed by atoms with E-state index in [2.05, 4.69) is 32.4 Å². The van der Waals surface area contributed by atoms with Crippen LogP contribution in [0.5, 0.6) is 0 Å². The maximum Gasteiger partial charge on any atom is 0.401 e. The standard InChI is InChI=1S/C4H10.CHClO2/c1-4(2)3;2-1(3)4/h4H,1-3H3;(H,3,4). The highest BCUT2D eigenvalue weighted by molar-refractivity contribution is 6.60. The summed E-state index contributed by atoms with van der Waals surface area (Å²) < 4.78 is 0. The van der Waals surface area contributed by atoms with Gasteiger partial charge < -0.3 is 5.11 Å². The van der Waals surface area contributed by atoms with E-state index in [9.17, 15) is 0 Å². The molecule has 0 amide bonds. The van der Waals surface area contributed by atoms with E-state index < -0.39 is 5.43 Å². The lowest BCUT2D eigenvalue weighted by atomic mass is 10.3. The second-order valence-electron chi connectivity index (χ2n) is 1.99. The summed E-state index contributed by atoms with van der Waals surface area (Å²) in [5.41, 5.74) is -1.36. The molecule has 0 bridgehead atoms. The van der Waals surface area contributed by atoms with Crippen molar-refractivity contribution in [2.75, 3.05) is 0 Å². The first-order valence-electron chi connectivity index (χ1n) is 2.35. The van der Waals surface area contributed by atoms with Crippen LogP contribution in [0.2, 0.25) is 0 Å². The van der Waals surface area contributed by atoms with Crippen LogP contribution < -0.4 is 0 Å². The highest BCUT2D eigenvalue weighted by atomic mass is 35.5. The van der Waals surface area contributed by atoms with Crippen molar-refractivity contribution in [3.05, 3.63) is 0 Å². The Hall–Kier alpha value is -0.240. The van der Waals surface area contributed by atoms with Crippen molar-refractivity contribution >= 4 is 17.0 Å². The molecule has 50 valence electrons. The van der Waals surface area contributed by atoms with Gasteiger partial charge in [-0.2, -0.15) is 0 Å². The van der Waals surface area contributed by atoms with Crippen LogP contribution in [0.4, 0.5) is 4.79 Å². The Morgan fingerprint density at radius 2 is 1.50 bits per heavy atom. The summed E-state index contributed by atoms with van der Waals surface area (Å²) in [6.45, 7) is 6.50.